The average Bonchev–Trinajstić information content (AvgIpc) is 2.72. The lowest BCUT2D eigenvalue weighted by atomic mass is 10.1. The van der Waals surface area contributed by atoms with Gasteiger partial charge in [0.05, 0.1) is 10.5 Å². The third-order valence-corrected chi connectivity index (χ3v) is 4.23. The van der Waals surface area contributed by atoms with Gasteiger partial charge in [0.15, 0.2) is 0 Å². The summed E-state index contributed by atoms with van der Waals surface area (Å²) in [4.78, 5) is 35.1. The highest BCUT2D eigenvalue weighted by Crippen LogP contribution is 2.19. The van der Waals surface area contributed by atoms with Crippen molar-refractivity contribution >= 4 is 23.3 Å². The van der Waals surface area contributed by atoms with Crippen molar-refractivity contribution in [3.63, 3.8) is 0 Å². The van der Waals surface area contributed by atoms with Gasteiger partial charge in [0.25, 0.3) is 11.6 Å². The van der Waals surface area contributed by atoms with E-state index in [1.165, 1.54) is 24.3 Å². The third kappa shape index (κ3) is 5.04. The molecule has 0 atom stereocenters. The number of hydrogen-bond acceptors (Lipinski definition) is 5. The van der Waals surface area contributed by atoms with Crippen molar-refractivity contribution in [3.05, 3.63) is 105 Å². The van der Waals surface area contributed by atoms with Gasteiger partial charge in [-0.3, -0.25) is 14.9 Å². The van der Waals surface area contributed by atoms with Crippen LogP contribution >= 0.6 is 0 Å². The molecule has 7 nitrogen and oxygen atoms in total. The average molecular weight is 390 g/mol. The standard InChI is InChI=1S/C22H18N2O5/c1-15-12-19(24(27)28)10-11-20(15)21(25)23-18-9-5-8-17(13-18)22(26)29-14-16-6-3-2-4-7-16/h2-13H,14H2,1H3,(H,23,25). The number of nitrogens with zero attached hydrogens (tertiary/aromatic N) is 1. The lowest BCUT2D eigenvalue weighted by Crippen LogP contribution is -2.14. The molecule has 3 aromatic rings. The molecule has 0 spiro atoms. The van der Waals surface area contributed by atoms with Gasteiger partial charge in [0.1, 0.15) is 6.61 Å². The van der Waals surface area contributed by atoms with Crippen LogP contribution in [-0.4, -0.2) is 16.8 Å². The molecule has 0 radical (unpaired) electrons. The molecular weight excluding hydrogens is 372 g/mol. The second-order valence-corrected chi connectivity index (χ2v) is 6.35. The van der Waals surface area contributed by atoms with Crippen LogP contribution in [0.3, 0.4) is 0 Å². The van der Waals surface area contributed by atoms with E-state index < -0.39 is 16.8 Å². The Labute approximate surface area is 167 Å². The van der Waals surface area contributed by atoms with Crippen molar-refractivity contribution in [2.24, 2.45) is 0 Å². The number of ether oxygens (including phenoxy) is 1. The van der Waals surface area contributed by atoms with Gasteiger partial charge in [-0.15, -0.1) is 0 Å². The van der Waals surface area contributed by atoms with E-state index in [2.05, 4.69) is 5.32 Å². The first-order valence-corrected chi connectivity index (χ1v) is 8.81. The molecule has 1 N–H and O–H groups in total. The maximum Gasteiger partial charge on any atom is 0.338 e. The molecule has 0 unspecified atom stereocenters. The number of hydrogen-bond donors (Lipinski definition) is 1. The minimum atomic E-state index is -0.515. The number of benzene rings is 3. The molecule has 0 saturated carbocycles. The van der Waals surface area contributed by atoms with Gasteiger partial charge in [0.2, 0.25) is 0 Å². The van der Waals surface area contributed by atoms with E-state index in [0.29, 0.717) is 22.4 Å². The second kappa shape index (κ2) is 8.79. The second-order valence-electron chi connectivity index (χ2n) is 6.35. The number of anilines is 1. The number of aryl methyl sites for hydroxylation is 1. The number of carbonyl (C=O) groups excluding carboxylic acids is 2. The van der Waals surface area contributed by atoms with Gasteiger partial charge >= 0.3 is 5.97 Å². The molecule has 0 saturated heterocycles. The van der Waals surface area contributed by atoms with Gasteiger partial charge in [-0.1, -0.05) is 36.4 Å². The third-order valence-electron chi connectivity index (χ3n) is 4.23. The van der Waals surface area contributed by atoms with Crippen molar-refractivity contribution in [3.8, 4) is 0 Å². The Balaban J connectivity index is 1.68. The molecule has 3 aromatic carbocycles. The maximum absolute atomic E-state index is 12.5. The van der Waals surface area contributed by atoms with Crippen LogP contribution in [0.15, 0.2) is 72.8 Å². The molecule has 146 valence electrons. The van der Waals surface area contributed by atoms with E-state index in [-0.39, 0.29) is 12.3 Å². The zero-order chi connectivity index (χ0) is 20.8. The molecule has 0 bridgehead atoms. The quantitative estimate of drug-likeness (QED) is 0.379. The predicted molar refractivity (Wildman–Crippen MR) is 108 cm³/mol. The monoisotopic (exact) mass is 390 g/mol. The molecule has 0 fully saturated rings. The molecule has 0 aromatic heterocycles. The first kappa shape index (κ1) is 19.8. The Hall–Kier alpha value is -4.00. The van der Waals surface area contributed by atoms with Crippen LogP contribution in [-0.2, 0) is 11.3 Å². The fraction of sp³-hybridized carbons (Fsp3) is 0.0909. The lowest BCUT2D eigenvalue weighted by molar-refractivity contribution is -0.384. The Morgan fingerprint density at radius 1 is 1.00 bits per heavy atom. The van der Waals surface area contributed by atoms with Crippen LogP contribution in [0.1, 0.15) is 31.8 Å². The fourth-order valence-corrected chi connectivity index (χ4v) is 2.74. The van der Waals surface area contributed by atoms with Crippen LogP contribution in [0.25, 0.3) is 0 Å². The Morgan fingerprint density at radius 3 is 2.45 bits per heavy atom. The van der Waals surface area contributed by atoms with Crippen molar-refractivity contribution in [1.29, 1.82) is 0 Å². The Bertz CT molecular complexity index is 1060. The van der Waals surface area contributed by atoms with Gasteiger partial charge < -0.3 is 10.1 Å². The van der Waals surface area contributed by atoms with E-state index in [1.54, 1.807) is 25.1 Å². The first-order valence-electron chi connectivity index (χ1n) is 8.81. The number of nitro benzene ring substituents is 1. The number of non-ortho nitro benzene ring substituents is 1. The SMILES string of the molecule is Cc1cc([N+](=O)[O-])ccc1C(=O)Nc1cccc(C(=O)OCc2ccccc2)c1. The minimum absolute atomic E-state index is 0.0813. The number of amides is 1. The summed E-state index contributed by atoms with van der Waals surface area (Å²) in [6.07, 6.45) is 0. The largest absolute Gasteiger partial charge is 0.457 e. The molecule has 3 rings (SSSR count). The first-order chi connectivity index (χ1) is 13.9. The number of carbonyl (C=O) groups is 2. The lowest BCUT2D eigenvalue weighted by Gasteiger charge is -2.09. The van der Waals surface area contributed by atoms with Crippen LogP contribution < -0.4 is 5.32 Å². The predicted octanol–water partition coefficient (Wildman–Crippen LogP) is 4.51. The Kier molecular flexibility index (Phi) is 5.99. The highest BCUT2D eigenvalue weighted by molar-refractivity contribution is 6.06. The molecular formula is C22H18N2O5. The van der Waals surface area contributed by atoms with Gasteiger partial charge in [-0.2, -0.15) is 0 Å². The molecule has 1 amide bonds. The molecule has 7 heteroatoms. The summed E-state index contributed by atoms with van der Waals surface area (Å²) in [5.74, 6) is -0.927. The number of nitrogens with one attached hydrogen (secondary N) is 1. The molecule has 0 aliphatic heterocycles. The zero-order valence-electron chi connectivity index (χ0n) is 15.6. The summed E-state index contributed by atoms with van der Waals surface area (Å²) < 4.78 is 5.30. The van der Waals surface area contributed by atoms with Gasteiger partial charge in [0, 0.05) is 23.4 Å². The van der Waals surface area contributed by atoms with Crippen molar-refractivity contribution in [2.75, 3.05) is 5.32 Å². The summed E-state index contributed by atoms with van der Waals surface area (Å²) in [6.45, 7) is 1.78. The molecule has 0 aliphatic rings. The summed E-state index contributed by atoms with van der Waals surface area (Å²) in [6, 6.07) is 19.7. The number of esters is 1. The minimum Gasteiger partial charge on any atom is -0.457 e. The van der Waals surface area contributed by atoms with Crippen LogP contribution in [0.4, 0.5) is 11.4 Å². The molecule has 0 heterocycles. The van der Waals surface area contributed by atoms with Crippen molar-refractivity contribution in [2.45, 2.75) is 13.5 Å². The normalized spacial score (nSPS) is 10.2. The molecule has 29 heavy (non-hydrogen) atoms. The van der Waals surface area contributed by atoms with E-state index in [9.17, 15) is 19.7 Å². The summed E-state index contributed by atoms with van der Waals surface area (Å²) >= 11 is 0. The van der Waals surface area contributed by atoms with Crippen LogP contribution in [0.5, 0.6) is 0 Å². The Morgan fingerprint density at radius 2 is 1.76 bits per heavy atom. The highest BCUT2D eigenvalue weighted by Gasteiger charge is 2.15. The van der Waals surface area contributed by atoms with Crippen LogP contribution in [0, 0.1) is 17.0 Å². The number of rotatable bonds is 6. The van der Waals surface area contributed by atoms with E-state index in [4.69, 9.17) is 4.74 Å². The van der Waals surface area contributed by atoms with E-state index >= 15 is 0 Å². The van der Waals surface area contributed by atoms with E-state index in [0.717, 1.165) is 5.56 Å². The summed E-state index contributed by atoms with van der Waals surface area (Å²) in [7, 11) is 0. The summed E-state index contributed by atoms with van der Waals surface area (Å²) in [5, 5.41) is 13.5. The molecule has 0 aliphatic carbocycles. The topological polar surface area (TPSA) is 98.5 Å². The van der Waals surface area contributed by atoms with Crippen molar-refractivity contribution in [1.82, 2.24) is 0 Å². The zero-order valence-corrected chi connectivity index (χ0v) is 15.6. The highest BCUT2D eigenvalue weighted by atomic mass is 16.6. The summed E-state index contributed by atoms with van der Waals surface area (Å²) in [5.41, 5.74) is 2.31. The smallest absolute Gasteiger partial charge is 0.338 e. The van der Waals surface area contributed by atoms with Crippen LogP contribution in [0.2, 0.25) is 0 Å². The van der Waals surface area contributed by atoms with Crippen molar-refractivity contribution < 1.29 is 19.2 Å². The van der Waals surface area contributed by atoms with E-state index in [1.807, 2.05) is 30.3 Å². The fourth-order valence-electron chi connectivity index (χ4n) is 2.74. The maximum atomic E-state index is 12.5. The van der Waals surface area contributed by atoms with Gasteiger partial charge in [-0.25, -0.2) is 4.79 Å². The van der Waals surface area contributed by atoms with Gasteiger partial charge in [-0.05, 0) is 42.3 Å². The number of nitro groups is 1.